The van der Waals surface area contributed by atoms with Crippen LogP contribution in [-0.4, -0.2) is 11.3 Å². The van der Waals surface area contributed by atoms with E-state index in [0.717, 1.165) is 29.0 Å². The number of aldehydes is 1. The van der Waals surface area contributed by atoms with Gasteiger partial charge in [-0.05, 0) is 42.8 Å². The number of benzene rings is 3. The molecule has 0 aliphatic carbocycles. The highest BCUT2D eigenvalue weighted by atomic mass is 19.1. The van der Waals surface area contributed by atoms with Gasteiger partial charge in [0, 0.05) is 54.3 Å². The average molecular weight is 459 g/mol. The maximum Gasteiger partial charge on any atom is 0.150 e. The van der Waals surface area contributed by atoms with Gasteiger partial charge in [0.15, 0.2) is 0 Å². The minimum absolute atomic E-state index is 0. The van der Waals surface area contributed by atoms with Crippen LogP contribution in [0.3, 0.4) is 0 Å². The summed E-state index contributed by atoms with van der Waals surface area (Å²) in [6.45, 7) is 6.21. The molecule has 3 aromatic carbocycles. The maximum absolute atomic E-state index is 13.4. The van der Waals surface area contributed by atoms with Crippen molar-refractivity contribution in [2.75, 3.05) is 0 Å². The minimum Gasteiger partial charge on any atom is -0.457 e. The summed E-state index contributed by atoms with van der Waals surface area (Å²) >= 11 is 0. The maximum atomic E-state index is 13.4. The highest BCUT2D eigenvalue weighted by molar-refractivity contribution is 5.78. The van der Waals surface area contributed by atoms with Gasteiger partial charge in [-0.15, -0.1) is 0 Å². The van der Waals surface area contributed by atoms with Gasteiger partial charge in [-0.1, -0.05) is 36.9 Å². The third-order valence-corrected chi connectivity index (χ3v) is 5.32. The fraction of sp³-hybridized carbons (Fsp3) is 0.0714. The number of nitrogens with zero attached hydrogens (tertiary/aromatic N) is 1. The van der Waals surface area contributed by atoms with Crippen LogP contribution in [0.2, 0.25) is 0 Å². The van der Waals surface area contributed by atoms with Crippen molar-refractivity contribution in [1.29, 1.82) is 0 Å². The van der Waals surface area contributed by atoms with Crippen LogP contribution in [-0.2, 0) is 6.54 Å². The van der Waals surface area contributed by atoms with Crippen LogP contribution < -0.4 is 10.1 Å². The molecule has 0 amide bonds. The molecule has 4 rings (SSSR count). The van der Waals surface area contributed by atoms with Crippen LogP contribution in [0.4, 0.5) is 8.78 Å². The average Bonchev–Trinajstić information content (AvgIpc) is 2.83. The molecule has 1 N–H and O–H groups in total. The molecule has 0 aliphatic rings. The SMILES string of the molecule is C=C(NCc1cc(F)cc(F)c1)c1cccc(Oc2ccnc(-c3cccc(C=O)c3)c2)c1C.[HH]. The van der Waals surface area contributed by atoms with E-state index >= 15 is 0 Å². The van der Waals surface area contributed by atoms with Crippen molar-refractivity contribution < 1.29 is 19.7 Å². The molecule has 0 spiro atoms. The van der Waals surface area contributed by atoms with Crippen molar-refractivity contribution in [3.8, 4) is 22.8 Å². The molecule has 0 saturated heterocycles. The molecule has 4 nitrogen and oxygen atoms in total. The Bertz CT molecular complexity index is 1350. The number of pyridine rings is 1. The minimum atomic E-state index is -0.622. The van der Waals surface area contributed by atoms with Crippen LogP contribution in [0.25, 0.3) is 17.0 Å². The van der Waals surface area contributed by atoms with Crippen LogP contribution in [0, 0.1) is 18.6 Å². The zero-order valence-corrected chi connectivity index (χ0v) is 18.5. The first-order valence-electron chi connectivity index (χ1n) is 10.6. The van der Waals surface area contributed by atoms with Gasteiger partial charge in [-0.3, -0.25) is 9.78 Å². The molecule has 0 unspecified atom stereocenters. The largest absolute Gasteiger partial charge is 0.457 e. The van der Waals surface area contributed by atoms with E-state index < -0.39 is 11.6 Å². The molecule has 34 heavy (non-hydrogen) atoms. The van der Waals surface area contributed by atoms with Crippen molar-refractivity contribution in [2.24, 2.45) is 0 Å². The first kappa shape index (κ1) is 22.9. The van der Waals surface area contributed by atoms with Gasteiger partial charge in [-0.2, -0.15) is 0 Å². The Morgan fingerprint density at radius 2 is 1.82 bits per heavy atom. The zero-order valence-electron chi connectivity index (χ0n) is 18.5. The number of carbonyl (C=O) groups is 1. The second-order valence-electron chi connectivity index (χ2n) is 7.76. The van der Waals surface area contributed by atoms with Crippen molar-refractivity contribution in [3.63, 3.8) is 0 Å². The molecule has 0 radical (unpaired) electrons. The number of halogens is 2. The topological polar surface area (TPSA) is 51.2 Å². The van der Waals surface area contributed by atoms with Gasteiger partial charge >= 0.3 is 0 Å². The third-order valence-electron chi connectivity index (χ3n) is 5.32. The van der Waals surface area contributed by atoms with E-state index in [9.17, 15) is 13.6 Å². The highest BCUT2D eigenvalue weighted by Crippen LogP contribution is 2.31. The van der Waals surface area contributed by atoms with Gasteiger partial charge < -0.3 is 10.1 Å². The molecule has 1 aromatic heterocycles. The number of carbonyl (C=O) groups excluding carboxylic acids is 1. The van der Waals surface area contributed by atoms with Gasteiger partial charge in [0.25, 0.3) is 0 Å². The van der Waals surface area contributed by atoms with E-state index in [4.69, 9.17) is 4.74 Å². The quantitative estimate of drug-likeness (QED) is 0.290. The molecule has 0 bridgehead atoms. The lowest BCUT2D eigenvalue weighted by Gasteiger charge is -2.16. The Kier molecular flexibility index (Phi) is 6.78. The Labute approximate surface area is 198 Å². The van der Waals surface area contributed by atoms with E-state index in [1.54, 1.807) is 30.5 Å². The van der Waals surface area contributed by atoms with Crippen LogP contribution >= 0.6 is 0 Å². The Morgan fingerprint density at radius 1 is 1.06 bits per heavy atom. The Morgan fingerprint density at radius 3 is 2.59 bits per heavy atom. The highest BCUT2D eigenvalue weighted by Gasteiger charge is 2.11. The second-order valence-corrected chi connectivity index (χ2v) is 7.76. The third kappa shape index (κ3) is 5.35. The first-order valence-corrected chi connectivity index (χ1v) is 10.6. The lowest BCUT2D eigenvalue weighted by atomic mass is 10.0. The molecule has 1 heterocycles. The standard InChI is InChI=1S/C28H22F2N2O2.H2/c1-18-26(19(2)32-16-21-12-23(29)14-24(30)13-21)7-4-8-28(18)34-25-9-10-31-27(15-25)22-6-3-5-20(11-22)17-33;/h3-15,17,32H,2,16H2,1H3;1H. The molecule has 0 fully saturated rings. The first-order chi connectivity index (χ1) is 16.4. The predicted molar refractivity (Wildman–Crippen MR) is 131 cm³/mol. The van der Waals surface area contributed by atoms with Gasteiger partial charge in [0.2, 0.25) is 0 Å². The summed E-state index contributed by atoms with van der Waals surface area (Å²) in [4.78, 5) is 15.5. The van der Waals surface area contributed by atoms with E-state index in [1.165, 1.54) is 12.1 Å². The molecular weight excluding hydrogens is 434 g/mol. The zero-order chi connectivity index (χ0) is 24.1. The predicted octanol–water partition coefficient (Wildman–Crippen LogP) is 6.95. The van der Waals surface area contributed by atoms with Gasteiger partial charge in [0.1, 0.15) is 29.4 Å². The molecule has 172 valence electrons. The smallest absolute Gasteiger partial charge is 0.150 e. The fourth-order valence-corrected chi connectivity index (χ4v) is 3.60. The van der Waals surface area contributed by atoms with E-state index in [1.807, 2.05) is 37.3 Å². The number of ether oxygens (including phenoxy) is 1. The summed E-state index contributed by atoms with van der Waals surface area (Å²) in [6, 6.07) is 19.7. The van der Waals surface area contributed by atoms with Gasteiger partial charge in [-0.25, -0.2) is 8.78 Å². The number of hydrogen-bond acceptors (Lipinski definition) is 4. The van der Waals surface area contributed by atoms with E-state index in [-0.39, 0.29) is 7.97 Å². The molecule has 0 saturated carbocycles. The summed E-state index contributed by atoms with van der Waals surface area (Å²) in [5.74, 6) is -0.0150. The lowest BCUT2D eigenvalue weighted by molar-refractivity contribution is 0.112. The van der Waals surface area contributed by atoms with Gasteiger partial charge in [0.05, 0.1) is 5.69 Å². The van der Waals surface area contributed by atoms with E-state index in [0.29, 0.717) is 34.0 Å². The Hall–Kier alpha value is -4.32. The van der Waals surface area contributed by atoms with E-state index in [2.05, 4.69) is 16.9 Å². The molecule has 6 heteroatoms. The number of rotatable bonds is 8. The number of aromatic nitrogens is 1. The van der Waals surface area contributed by atoms with Crippen molar-refractivity contribution in [2.45, 2.75) is 13.5 Å². The van der Waals surface area contributed by atoms with Crippen LogP contribution in [0.5, 0.6) is 11.5 Å². The summed E-state index contributed by atoms with van der Waals surface area (Å²) in [6.07, 6.45) is 2.44. The van der Waals surface area contributed by atoms with Crippen molar-refractivity contribution in [1.82, 2.24) is 10.3 Å². The Balaban J connectivity index is 0.00000342. The lowest BCUT2D eigenvalue weighted by Crippen LogP contribution is -2.12. The number of nitrogens with one attached hydrogen (secondary N) is 1. The molecule has 4 aromatic rings. The summed E-state index contributed by atoms with van der Waals surface area (Å²) < 4.78 is 33.0. The summed E-state index contributed by atoms with van der Waals surface area (Å²) in [7, 11) is 0. The molecule has 0 atom stereocenters. The summed E-state index contributed by atoms with van der Waals surface area (Å²) in [5, 5.41) is 3.12. The normalized spacial score (nSPS) is 10.6. The van der Waals surface area contributed by atoms with Crippen LogP contribution in [0.15, 0.2) is 85.6 Å². The second kappa shape index (κ2) is 10.1. The molecule has 0 aliphatic heterocycles. The van der Waals surface area contributed by atoms with Crippen molar-refractivity contribution >= 4 is 12.0 Å². The molecular formula is C28H24F2N2O2. The van der Waals surface area contributed by atoms with Crippen molar-refractivity contribution in [3.05, 3.63) is 119 Å². The number of hydrogen-bond donors (Lipinski definition) is 1. The van der Waals surface area contributed by atoms with Crippen LogP contribution in [0.1, 0.15) is 28.5 Å². The monoisotopic (exact) mass is 458 g/mol. The summed E-state index contributed by atoms with van der Waals surface area (Å²) in [5.41, 5.74) is 4.82. The fourth-order valence-electron chi connectivity index (χ4n) is 3.60.